The van der Waals surface area contributed by atoms with Gasteiger partial charge in [0.25, 0.3) is 5.91 Å². The van der Waals surface area contributed by atoms with E-state index in [0.717, 1.165) is 6.07 Å². The van der Waals surface area contributed by atoms with Crippen molar-refractivity contribution in [3.63, 3.8) is 0 Å². The van der Waals surface area contributed by atoms with Gasteiger partial charge in [0.1, 0.15) is 12.2 Å². The average molecular weight is 564 g/mol. The first-order valence-corrected chi connectivity index (χ1v) is 13.4. The Balaban J connectivity index is 1.59. The topological polar surface area (TPSA) is 144 Å². The first-order valence-electron chi connectivity index (χ1n) is 11.5. The Morgan fingerprint density at radius 1 is 1.08 bits per heavy atom. The molecule has 0 spiro atoms. The third-order valence-electron chi connectivity index (χ3n) is 7.47. The first-order chi connectivity index (χ1) is 17.3. The molecule has 0 saturated heterocycles. The van der Waals surface area contributed by atoms with Crippen molar-refractivity contribution in [1.29, 1.82) is 0 Å². The minimum atomic E-state index is -4.15. The summed E-state index contributed by atoms with van der Waals surface area (Å²) in [5, 5.41) is 41.7. The van der Waals surface area contributed by atoms with Crippen molar-refractivity contribution in [3.8, 4) is 0 Å². The van der Waals surface area contributed by atoms with E-state index in [0.29, 0.717) is 25.0 Å². The number of carbonyl (C=O) groups excluding carboxylic acids is 1. The minimum absolute atomic E-state index is 0.0502. The monoisotopic (exact) mass is 563 g/mol. The van der Waals surface area contributed by atoms with E-state index in [4.69, 9.17) is 11.6 Å². The van der Waals surface area contributed by atoms with E-state index in [1.807, 2.05) is 0 Å². The molecule has 1 amide bonds. The van der Waals surface area contributed by atoms with Gasteiger partial charge in [0, 0.05) is 23.4 Å². The summed E-state index contributed by atoms with van der Waals surface area (Å²) in [7, 11) is -4.15. The fourth-order valence-electron chi connectivity index (χ4n) is 5.56. The fourth-order valence-corrected chi connectivity index (χ4v) is 7.96. The third kappa shape index (κ3) is 4.86. The van der Waals surface area contributed by atoms with Crippen molar-refractivity contribution in [2.45, 2.75) is 53.6 Å². The van der Waals surface area contributed by atoms with Crippen LogP contribution < -0.4 is 5.32 Å². The number of carbonyl (C=O) groups is 1. The molecule has 2 aliphatic carbocycles. The minimum Gasteiger partial charge on any atom is -0.394 e. The van der Waals surface area contributed by atoms with Gasteiger partial charge in [0.2, 0.25) is 0 Å². The molecular weight excluding hydrogens is 539 g/mol. The van der Waals surface area contributed by atoms with Gasteiger partial charge < -0.3 is 25.7 Å². The Labute approximate surface area is 215 Å². The van der Waals surface area contributed by atoms with Crippen LogP contribution in [-0.4, -0.2) is 64.4 Å². The van der Waals surface area contributed by atoms with Gasteiger partial charge in [0.15, 0.2) is 27.3 Å². The lowest BCUT2D eigenvalue weighted by atomic mass is 9.70. The molecule has 0 aromatic heterocycles. The van der Waals surface area contributed by atoms with Crippen LogP contribution in [0, 0.1) is 29.3 Å². The maximum absolute atomic E-state index is 13.6. The van der Waals surface area contributed by atoms with Gasteiger partial charge >= 0.3 is 0 Å². The van der Waals surface area contributed by atoms with Crippen LogP contribution in [0.25, 0.3) is 0 Å². The van der Waals surface area contributed by atoms with Crippen LogP contribution in [0.3, 0.4) is 0 Å². The highest BCUT2D eigenvalue weighted by molar-refractivity contribution is 7.92. The largest absolute Gasteiger partial charge is 0.394 e. The molecule has 2 aromatic carbocycles. The highest BCUT2D eigenvalue weighted by Gasteiger charge is 2.60. The van der Waals surface area contributed by atoms with Crippen LogP contribution in [0.1, 0.15) is 36.0 Å². The molecule has 6 atom stereocenters. The molecule has 4 rings (SSSR count). The number of nitrogens with one attached hydrogen (secondary N) is 1. The number of hydrogen-bond acceptors (Lipinski definition) is 7. The van der Waals surface area contributed by atoms with Gasteiger partial charge in [0.05, 0.1) is 27.4 Å². The number of fused-ring (bicyclic) bond motifs is 2. The molecule has 2 saturated carbocycles. The van der Waals surface area contributed by atoms with Crippen molar-refractivity contribution in [3.05, 3.63) is 58.4 Å². The Morgan fingerprint density at radius 3 is 2.19 bits per heavy atom. The number of sulfone groups is 1. The Bertz CT molecular complexity index is 1290. The molecular formula is C24H25ClF3NO7S. The molecule has 0 aliphatic heterocycles. The number of aliphatic hydroxyl groups excluding tert-OH is 3. The van der Waals surface area contributed by atoms with Gasteiger partial charge in [-0.25, -0.2) is 21.6 Å². The summed E-state index contributed by atoms with van der Waals surface area (Å²) < 4.78 is 67.3. The molecule has 0 radical (unpaired) electrons. The molecule has 0 heterocycles. The van der Waals surface area contributed by atoms with E-state index in [1.54, 1.807) is 0 Å². The maximum Gasteiger partial charge on any atom is 0.255 e. The van der Waals surface area contributed by atoms with Crippen molar-refractivity contribution in [2.75, 3.05) is 11.9 Å². The van der Waals surface area contributed by atoms with Crippen LogP contribution in [-0.2, 0) is 9.84 Å². The number of benzene rings is 2. The molecule has 37 heavy (non-hydrogen) atoms. The number of rotatable bonds is 7. The van der Waals surface area contributed by atoms with Crippen molar-refractivity contribution in [2.24, 2.45) is 11.8 Å². The zero-order valence-corrected chi connectivity index (χ0v) is 20.8. The standard InChI is InChI=1S/C24H25ClF3NO7S/c25-16-4-1-11(23(33)29-14-8-17(26)21(28)18(27)9-14)5-20(16)37(35,36)15-6-12-2-3-13(7-15)24(12,34)22(32)19(31)10-30/h1,4-5,8-9,12-13,15,19,22,30-32,34H,2-3,6-7,10H2,(H,29,33)/t12-,13?,15?,19-,22+,24?/m0/s1. The number of halogens is 4. The van der Waals surface area contributed by atoms with Crippen LogP contribution >= 0.6 is 11.6 Å². The normalized spacial score (nSPS) is 27.1. The number of amides is 1. The lowest BCUT2D eigenvalue weighted by Gasteiger charge is -2.46. The molecule has 2 fully saturated rings. The molecule has 13 heteroatoms. The summed E-state index contributed by atoms with van der Waals surface area (Å²) in [6, 6.07) is 4.57. The van der Waals surface area contributed by atoms with Crippen LogP contribution in [0.2, 0.25) is 5.02 Å². The summed E-state index contributed by atoms with van der Waals surface area (Å²) in [5.41, 5.74) is -2.34. The van der Waals surface area contributed by atoms with Crippen LogP contribution in [0.15, 0.2) is 35.2 Å². The lowest BCUT2D eigenvalue weighted by molar-refractivity contribution is -0.181. The predicted molar refractivity (Wildman–Crippen MR) is 126 cm³/mol. The Hall–Kier alpha value is -2.22. The van der Waals surface area contributed by atoms with Crippen molar-refractivity contribution >= 4 is 33.0 Å². The molecule has 2 aliphatic rings. The van der Waals surface area contributed by atoms with Gasteiger partial charge in [-0.3, -0.25) is 4.79 Å². The second-order valence-electron chi connectivity index (χ2n) is 9.54. The Morgan fingerprint density at radius 2 is 1.65 bits per heavy atom. The molecule has 5 N–H and O–H groups in total. The van der Waals surface area contributed by atoms with E-state index in [9.17, 15) is 46.8 Å². The molecule has 2 aromatic rings. The van der Waals surface area contributed by atoms with E-state index >= 15 is 0 Å². The van der Waals surface area contributed by atoms with Gasteiger partial charge in [-0.05, 0) is 55.7 Å². The average Bonchev–Trinajstić information content (AvgIpc) is 3.02. The van der Waals surface area contributed by atoms with E-state index in [-0.39, 0.29) is 34.0 Å². The quantitative estimate of drug-likeness (QED) is 0.325. The number of anilines is 1. The summed E-state index contributed by atoms with van der Waals surface area (Å²) in [5.74, 6) is -7.00. The second kappa shape index (κ2) is 10.2. The first kappa shape index (κ1) is 27.8. The van der Waals surface area contributed by atoms with Gasteiger partial charge in [-0.15, -0.1) is 0 Å². The SMILES string of the molecule is O=C(Nc1cc(F)c(F)c(F)c1)c1ccc(Cl)c(S(=O)(=O)C2CC3CC[C@@H](C2)C3(O)[C@H](O)[C@@H](O)CO)c1. The summed E-state index contributed by atoms with van der Waals surface area (Å²) in [6.07, 6.45) is -2.53. The van der Waals surface area contributed by atoms with Crippen molar-refractivity contribution < 1.29 is 46.8 Å². The van der Waals surface area contributed by atoms with E-state index in [1.165, 1.54) is 12.1 Å². The number of hydrogen-bond donors (Lipinski definition) is 5. The summed E-state index contributed by atoms with van der Waals surface area (Å²) in [6.45, 7) is -0.772. The fraction of sp³-hybridized carbons (Fsp3) is 0.458. The maximum atomic E-state index is 13.6. The smallest absolute Gasteiger partial charge is 0.255 e. The highest BCUT2D eigenvalue weighted by atomic mass is 35.5. The van der Waals surface area contributed by atoms with E-state index < -0.39 is 74.7 Å². The zero-order valence-electron chi connectivity index (χ0n) is 19.2. The van der Waals surface area contributed by atoms with E-state index in [2.05, 4.69) is 5.32 Å². The van der Waals surface area contributed by atoms with Crippen molar-refractivity contribution in [1.82, 2.24) is 0 Å². The zero-order chi connectivity index (χ0) is 27.3. The van der Waals surface area contributed by atoms with Gasteiger partial charge in [-0.2, -0.15) is 0 Å². The molecule has 8 nitrogen and oxygen atoms in total. The molecule has 2 bridgehead atoms. The third-order valence-corrected chi connectivity index (χ3v) is 10.1. The van der Waals surface area contributed by atoms with Crippen LogP contribution in [0.4, 0.5) is 18.9 Å². The molecule has 3 unspecified atom stereocenters. The predicted octanol–water partition coefficient (Wildman–Crippen LogP) is 2.42. The summed E-state index contributed by atoms with van der Waals surface area (Å²) in [4.78, 5) is 12.3. The highest BCUT2D eigenvalue weighted by Crippen LogP contribution is 2.54. The van der Waals surface area contributed by atoms with Crippen LogP contribution in [0.5, 0.6) is 0 Å². The Kier molecular flexibility index (Phi) is 7.63. The lowest BCUT2D eigenvalue weighted by Crippen LogP contribution is -2.59. The molecule has 202 valence electrons. The summed E-state index contributed by atoms with van der Waals surface area (Å²) >= 11 is 6.18. The second-order valence-corrected chi connectivity index (χ2v) is 12.1. The number of aliphatic hydroxyl groups is 4. The van der Waals surface area contributed by atoms with Gasteiger partial charge in [-0.1, -0.05) is 11.6 Å².